The Morgan fingerprint density at radius 2 is 2.14 bits per heavy atom. The average Bonchev–Trinajstić information content (AvgIpc) is 2.69. The summed E-state index contributed by atoms with van der Waals surface area (Å²) in [6.45, 7) is 5.85. The molecule has 0 atom stereocenters. The molecule has 0 aliphatic rings. The number of hydrogen-bond donors (Lipinski definition) is 2. The Balaban J connectivity index is 2.27. The van der Waals surface area contributed by atoms with Crippen molar-refractivity contribution in [1.29, 1.82) is 0 Å². The second-order valence-corrected chi connectivity index (χ2v) is 6.07. The lowest BCUT2D eigenvalue weighted by atomic mass is 10.1. The lowest BCUT2D eigenvalue weighted by Crippen LogP contribution is -2.26. The number of aliphatic imine (C=N–C) groups is 1. The molecule has 2 aromatic carbocycles. The SMILES string of the molecule is C=NC(=O)/C(=C\N(CNc1cc(F)ccc1CC)Cc1cccc(O)c1)OC. The first-order chi connectivity index (χ1) is 13.5. The predicted octanol–water partition coefficient (Wildman–Crippen LogP) is 3.68. The third kappa shape index (κ3) is 5.84. The van der Waals surface area contributed by atoms with Crippen LogP contribution in [0.3, 0.4) is 0 Å². The first-order valence-electron chi connectivity index (χ1n) is 8.78. The van der Waals surface area contributed by atoms with Gasteiger partial charge in [0.1, 0.15) is 11.6 Å². The van der Waals surface area contributed by atoms with E-state index in [1.165, 1.54) is 25.4 Å². The van der Waals surface area contributed by atoms with E-state index in [1.54, 1.807) is 29.2 Å². The number of amides is 1. The summed E-state index contributed by atoms with van der Waals surface area (Å²) in [4.78, 5) is 17.0. The molecule has 0 fully saturated rings. The lowest BCUT2D eigenvalue weighted by Gasteiger charge is -2.23. The minimum atomic E-state index is -0.594. The van der Waals surface area contributed by atoms with E-state index < -0.39 is 5.91 Å². The number of carbonyl (C=O) groups excluding carboxylic acids is 1. The van der Waals surface area contributed by atoms with E-state index in [-0.39, 0.29) is 24.0 Å². The van der Waals surface area contributed by atoms with Crippen molar-refractivity contribution in [3.8, 4) is 5.75 Å². The fraction of sp³-hybridized carbons (Fsp3) is 0.238. The number of rotatable bonds is 9. The largest absolute Gasteiger partial charge is 0.508 e. The van der Waals surface area contributed by atoms with Crippen molar-refractivity contribution >= 4 is 18.3 Å². The molecule has 0 saturated carbocycles. The van der Waals surface area contributed by atoms with Gasteiger partial charge in [0.15, 0.2) is 0 Å². The van der Waals surface area contributed by atoms with Crippen LogP contribution in [0.4, 0.5) is 10.1 Å². The van der Waals surface area contributed by atoms with Gasteiger partial charge in [0, 0.05) is 18.4 Å². The first-order valence-corrected chi connectivity index (χ1v) is 8.78. The van der Waals surface area contributed by atoms with Crippen LogP contribution in [0, 0.1) is 5.82 Å². The van der Waals surface area contributed by atoms with Gasteiger partial charge in [-0.3, -0.25) is 4.79 Å². The Morgan fingerprint density at radius 1 is 1.36 bits per heavy atom. The van der Waals surface area contributed by atoms with Crippen LogP contribution in [0.25, 0.3) is 0 Å². The number of hydrogen-bond acceptors (Lipinski definition) is 5. The van der Waals surface area contributed by atoms with Gasteiger partial charge in [-0.05, 0) is 48.5 Å². The molecule has 6 nitrogen and oxygen atoms in total. The highest BCUT2D eigenvalue weighted by Crippen LogP contribution is 2.19. The molecule has 0 aliphatic heterocycles. The third-order valence-electron chi connectivity index (χ3n) is 4.10. The van der Waals surface area contributed by atoms with E-state index in [9.17, 15) is 14.3 Å². The number of aromatic hydroxyl groups is 1. The minimum Gasteiger partial charge on any atom is -0.508 e. The zero-order valence-corrected chi connectivity index (χ0v) is 16.0. The number of nitrogens with one attached hydrogen (secondary N) is 1. The number of methoxy groups -OCH3 is 1. The summed E-state index contributed by atoms with van der Waals surface area (Å²) in [5.74, 6) is -0.766. The van der Waals surface area contributed by atoms with Gasteiger partial charge >= 0.3 is 5.91 Å². The number of carbonyl (C=O) groups is 1. The monoisotopic (exact) mass is 385 g/mol. The van der Waals surface area contributed by atoms with Crippen LogP contribution >= 0.6 is 0 Å². The topological polar surface area (TPSA) is 74.2 Å². The fourth-order valence-corrected chi connectivity index (χ4v) is 2.68. The summed E-state index contributed by atoms with van der Waals surface area (Å²) in [5.41, 5.74) is 2.46. The van der Waals surface area contributed by atoms with E-state index in [0.717, 1.165) is 17.5 Å². The Hall–Kier alpha value is -3.35. The molecule has 2 rings (SSSR count). The smallest absolute Gasteiger partial charge is 0.312 e. The number of halogens is 1. The molecule has 0 bridgehead atoms. The normalized spacial score (nSPS) is 11.0. The van der Waals surface area contributed by atoms with Crippen molar-refractivity contribution in [2.24, 2.45) is 4.99 Å². The van der Waals surface area contributed by atoms with Gasteiger partial charge in [-0.15, -0.1) is 0 Å². The van der Waals surface area contributed by atoms with Gasteiger partial charge in [0.05, 0.1) is 13.8 Å². The van der Waals surface area contributed by atoms with Crippen molar-refractivity contribution in [3.05, 3.63) is 71.4 Å². The second kappa shape index (κ2) is 10.1. The first kappa shape index (κ1) is 21.0. The van der Waals surface area contributed by atoms with Crippen LogP contribution < -0.4 is 5.32 Å². The van der Waals surface area contributed by atoms with Crippen LogP contribution in [-0.2, 0) is 22.5 Å². The standard InChI is InChI=1S/C21H24FN3O3/c1-4-16-8-9-17(22)11-19(16)24-14-25(13-20(28-3)21(27)23-2)12-15-6-5-7-18(26)10-15/h5-11,13,24,26H,2,4,12,14H2,1,3H3/b20-13+. The Labute approximate surface area is 164 Å². The van der Waals surface area contributed by atoms with Gasteiger partial charge in [-0.1, -0.05) is 25.1 Å². The fourth-order valence-electron chi connectivity index (χ4n) is 2.68. The zero-order chi connectivity index (χ0) is 20.5. The molecular formula is C21H24FN3O3. The Kier molecular flexibility index (Phi) is 7.56. The summed E-state index contributed by atoms with van der Waals surface area (Å²) in [6, 6.07) is 11.4. The molecule has 7 heteroatoms. The molecule has 0 heterocycles. The summed E-state index contributed by atoms with van der Waals surface area (Å²) in [6.07, 6.45) is 2.26. The summed E-state index contributed by atoms with van der Waals surface area (Å²) in [5, 5.41) is 12.9. The molecule has 2 aromatic rings. The molecule has 0 spiro atoms. The van der Waals surface area contributed by atoms with Crippen molar-refractivity contribution in [1.82, 2.24) is 4.90 Å². The van der Waals surface area contributed by atoms with Crippen molar-refractivity contribution in [2.75, 3.05) is 19.1 Å². The summed E-state index contributed by atoms with van der Waals surface area (Å²) < 4.78 is 18.7. The van der Waals surface area contributed by atoms with Crippen molar-refractivity contribution < 1.29 is 19.0 Å². The maximum Gasteiger partial charge on any atom is 0.312 e. The van der Waals surface area contributed by atoms with Gasteiger partial charge < -0.3 is 20.1 Å². The number of benzene rings is 2. The van der Waals surface area contributed by atoms with Crippen LogP contribution in [0.5, 0.6) is 5.75 Å². The molecule has 0 aliphatic carbocycles. The number of phenols is 1. The maximum atomic E-state index is 13.6. The second-order valence-electron chi connectivity index (χ2n) is 6.07. The highest BCUT2D eigenvalue weighted by molar-refractivity contribution is 5.94. The Morgan fingerprint density at radius 3 is 2.79 bits per heavy atom. The number of anilines is 1. The minimum absolute atomic E-state index is 0.0203. The van der Waals surface area contributed by atoms with Crippen LogP contribution in [0.2, 0.25) is 0 Å². The number of phenolic OH excluding ortho intramolecular Hbond substituents is 1. The van der Waals surface area contributed by atoms with E-state index in [2.05, 4.69) is 17.0 Å². The number of ether oxygens (including phenoxy) is 1. The van der Waals surface area contributed by atoms with E-state index in [0.29, 0.717) is 12.2 Å². The van der Waals surface area contributed by atoms with Gasteiger partial charge in [0.25, 0.3) is 0 Å². The van der Waals surface area contributed by atoms with Gasteiger partial charge in [-0.25, -0.2) is 9.38 Å². The average molecular weight is 385 g/mol. The quantitative estimate of drug-likeness (QED) is 0.298. The molecule has 1 amide bonds. The summed E-state index contributed by atoms with van der Waals surface area (Å²) in [7, 11) is 1.37. The predicted molar refractivity (Wildman–Crippen MR) is 108 cm³/mol. The molecular weight excluding hydrogens is 361 g/mol. The lowest BCUT2D eigenvalue weighted by molar-refractivity contribution is -0.117. The molecule has 2 N–H and O–H groups in total. The highest BCUT2D eigenvalue weighted by atomic mass is 19.1. The van der Waals surface area contributed by atoms with Crippen LogP contribution in [-0.4, -0.2) is 36.4 Å². The van der Waals surface area contributed by atoms with Crippen molar-refractivity contribution in [2.45, 2.75) is 19.9 Å². The number of aryl methyl sites for hydroxylation is 1. The molecule has 0 unspecified atom stereocenters. The van der Waals surface area contributed by atoms with Gasteiger partial charge in [-0.2, -0.15) is 0 Å². The van der Waals surface area contributed by atoms with Crippen LogP contribution in [0.1, 0.15) is 18.1 Å². The molecule has 0 radical (unpaired) electrons. The van der Waals surface area contributed by atoms with Gasteiger partial charge in [0.2, 0.25) is 5.76 Å². The molecule has 148 valence electrons. The number of nitrogens with zero attached hydrogens (tertiary/aromatic N) is 2. The molecule has 0 aromatic heterocycles. The third-order valence-corrected chi connectivity index (χ3v) is 4.10. The zero-order valence-electron chi connectivity index (χ0n) is 16.0. The molecule has 0 saturated heterocycles. The van der Waals surface area contributed by atoms with Crippen molar-refractivity contribution in [3.63, 3.8) is 0 Å². The highest BCUT2D eigenvalue weighted by Gasteiger charge is 2.12. The van der Waals surface area contributed by atoms with Crippen LogP contribution in [0.15, 0.2) is 59.4 Å². The van der Waals surface area contributed by atoms with E-state index >= 15 is 0 Å². The van der Waals surface area contributed by atoms with E-state index in [1.807, 2.05) is 13.0 Å². The van der Waals surface area contributed by atoms with E-state index in [4.69, 9.17) is 4.74 Å². The maximum absolute atomic E-state index is 13.6. The molecule has 28 heavy (non-hydrogen) atoms. The summed E-state index contributed by atoms with van der Waals surface area (Å²) >= 11 is 0. The Bertz CT molecular complexity index is 868.